The van der Waals surface area contributed by atoms with E-state index in [9.17, 15) is 27.9 Å². The number of nitrogens with zero attached hydrogens (tertiary/aromatic N) is 4. The van der Waals surface area contributed by atoms with Gasteiger partial charge in [0.05, 0.1) is 5.60 Å². The highest BCUT2D eigenvalue weighted by molar-refractivity contribution is 5.80. The molecule has 1 aliphatic carbocycles. The Kier molecular flexibility index (Phi) is 6.17. The molecule has 3 heterocycles. The first-order valence-corrected chi connectivity index (χ1v) is 11.2. The molecule has 2 N–H and O–H groups in total. The quantitative estimate of drug-likeness (QED) is 0.699. The van der Waals surface area contributed by atoms with Crippen molar-refractivity contribution in [3.05, 3.63) is 51.7 Å². The summed E-state index contributed by atoms with van der Waals surface area (Å²) in [6, 6.07) is 0.879. The van der Waals surface area contributed by atoms with Crippen molar-refractivity contribution in [3.8, 4) is 0 Å². The molecule has 2 aliphatic rings. The summed E-state index contributed by atoms with van der Waals surface area (Å²) in [5.74, 6) is 0.108. The molecule has 0 spiro atoms. The van der Waals surface area contributed by atoms with Crippen LogP contribution in [-0.2, 0) is 16.6 Å². The van der Waals surface area contributed by atoms with E-state index in [4.69, 9.17) is 0 Å². The molecule has 8 nitrogen and oxygen atoms in total. The van der Waals surface area contributed by atoms with Crippen molar-refractivity contribution in [1.29, 1.82) is 0 Å². The first-order valence-electron chi connectivity index (χ1n) is 11.2. The molecule has 1 atom stereocenters. The van der Waals surface area contributed by atoms with Gasteiger partial charge >= 0.3 is 6.18 Å². The van der Waals surface area contributed by atoms with Gasteiger partial charge in [-0.3, -0.25) is 9.59 Å². The Balaban J connectivity index is 1.34. The summed E-state index contributed by atoms with van der Waals surface area (Å²) in [5.41, 5.74) is -2.38. The number of H-pyrrole nitrogens is 1. The van der Waals surface area contributed by atoms with Crippen LogP contribution in [0.25, 0.3) is 0 Å². The van der Waals surface area contributed by atoms with Gasteiger partial charge in [0.2, 0.25) is 11.9 Å². The molecule has 0 unspecified atom stereocenters. The van der Waals surface area contributed by atoms with Crippen molar-refractivity contribution in [1.82, 2.24) is 19.9 Å². The fraction of sp³-hybridized carbons (Fsp3) is 0.565. The number of amides is 1. The van der Waals surface area contributed by atoms with Gasteiger partial charge in [-0.05, 0) is 51.2 Å². The van der Waals surface area contributed by atoms with E-state index < -0.39 is 22.9 Å². The monoisotopic (exact) mass is 479 g/mol. The van der Waals surface area contributed by atoms with Crippen LogP contribution in [0.5, 0.6) is 0 Å². The molecule has 1 saturated heterocycles. The number of anilines is 1. The highest BCUT2D eigenvalue weighted by Gasteiger charge is 2.41. The predicted octanol–water partition coefficient (Wildman–Crippen LogP) is 2.64. The fourth-order valence-electron chi connectivity index (χ4n) is 4.54. The lowest BCUT2D eigenvalue weighted by molar-refractivity contribution is -0.140. The SMILES string of the molecule is C[C@@H]1CN(C(=O)C2CC(c3c[nH]c(=O)c(C(F)(F)F)c3)C2)CCN1c1ncc(C(C)(C)O)cn1. The number of carbonyl (C=O) groups excluding carboxylic acids is 1. The van der Waals surface area contributed by atoms with Crippen molar-refractivity contribution < 1.29 is 23.1 Å². The second kappa shape index (κ2) is 8.68. The smallest absolute Gasteiger partial charge is 0.386 e. The Labute approximate surface area is 194 Å². The van der Waals surface area contributed by atoms with E-state index >= 15 is 0 Å². The normalized spacial score (nSPS) is 23.6. The minimum atomic E-state index is -4.71. The standard InChI is InChI=1S/C23H28F3N5O3/c1-13-12-30(4-5-31(13)21-28-10-17(11-29-21)22(2,3)34)20(33)15-6-14(7-15)16-8-18(23(24,25)26)19(32)27-9-16/h8-11,13-15,34H,4-7,12H2,1-3H3,(H,27,32)/t13-,14?,15?/m1/s1. The van der Waals surface area contributed by atoms with Crippen LogP contribution in [0, 0.1) is 5.92 Å². The molecule has 2 fully saturated rings. The molecule has 2 aromatic heterocycles. The minimum absolute atomic E-state index is 0.00140. The van der Waals surface area contributed by atoms with Gasteiger partial charge in [-0.15, -0.1) is 0 Å². The molecule has 184 valence electrons. The molecule has 1 amide bonds. The molecule has 2 aromatic rings. The molecule has 0 bridgehead atoms. The number of piperazine rings is 1. The van der Waals surface area contributed by atoms with Crippen LogP contribution >= 0.6 is 0 Å². The third-order valence-corrected chi connectivity index (χ3v) is 6.73. The summed E-state index contributed by atoms with van der Waals surface area (Å²) < 4.78 is 39.1. The first kappa shape index (κ1) is 24.2. The lowest BCUT2D eigenvalue weighted by Crippen LogP contribution is -2.56. The summed E-state index contributed by atoms with van der Waals surface area (Å²) >= 11 is 0. The van der Waals surface area contributed by atoms with Gasteiger partial charge in [0.1, 0.15) is 5.56 Å². The molecule has 0 radical (unpaired) electrons. The van der Waals surface area contributed by atoms with E-state index in [-0.39, 0.29) is 23.8 Å². The number of rotatable bonds is 4. The zero-order chi connectivity index (χ0) is 24.8. The maximum absolute atomic E-state index is 13.0. The lowest BCUT2D eigenvalue weighted by atomic mass is 9.71. The number of halogens is 3. The van der Waals surface area contributed by atoms with E-state index in [1.165, 1.54) is 6.20 Å². The largest absolute Gasteiger partial charge is 0.421 e. The summed E-state index contributed by atoms with van der Waals surface area (Å²) in [7, 11) is 0. The van der Waals surface area contributed by atoms with Crippen LogP contribution in [-0.4, -0.2) is 56.5 Å². The van der Waals surface area contributed by atoms with Gasteiger partial charge in [0, 0.05) is 55.7 Å². The number of aliphatic hydroxyl groups is 1. The number of hydrogen-bond acceptors (Lipinski definition) is 6. The van der Waals surface area contributed by atoms with E-state index in [1.54, 1.807) is 31.1 Å². The molecule has 1 aliphatic heterocycles. The Morgan fingerprint density at radius 2 is 1.82 bits per heavy atom. The van der Waals surface area contributed by atoms with Gasteiger partial charge < -0.3 is 19.9 Å². The van der Waals surface area contributed by atoms with E-state index in [0.717, 1.165) is 6.07 Å². The van der Waals surface area contributed by atoms with Crippen LogP contribution in [0.3, 0.4) is 0 Å². The lowest BCUT2D eigenvalue weighted by Gasteiger charge is -2.43. The highest BCUT2D eigenvalue weighted by atomic mass is 19.4. The Hall–Kier alpha value is -2.95. The Bertz CT molecular complexity index is 1100. The average Bonchev–Trinajstić information content (AvgIpc) is 2.72. The van der Waals surface area contributed by atoms with E-state index in [2.05, 4.69) is 15.0 Å². The third kappa shape index (κ3) is 4.79. The molecule has 1 saturated carbocycles. The van der Waals surface area contributed by atoms with Gasteiger partial charge in [0.15, 0.2) is 0 Å². The van der Waals surface area contributed by atoms with Crippen molar-refractivity contribution in [3.63, 3.8) is 0 Å². The van der Waals surface area contributed by atoms with Gasteiger partial charge in [-0.2, -0.15) is 13.2 Å². The van der Waals surface area contributed by atoms with Crippen LogP contribution in [0.4, 0.5) is 19.1 Å². The van der Waals surface area contributed by atoms with Gasteiger partial charge in [-0.1, -0.05) is 0 Å². The van der Waals surface area contributed by atoms with Crippen molar-refractivity contribution in [2.45, 2.75) is 57.3 Å². The zero-order valence-corrected chi connectivity index (χ0v) is 19.3. The fourth-order valence-corrected chi connectivity index (χ4v) is 4.54. The number of pyridine rings is 1. The van der Waals surface area contributed by atoms with Crippen LogP contribution in [0.1, 0.15) is 56.2 Å². The van der Waals surface area contributed by atoms with Crippen LogP contribution < -0.4 is 10.5 Å². The second-order valence-electron chi connectivity index (χ2n) is 9.70. The molecular weight excluding hydrogens is 451 g/mol. The number of alkyl halides is 3. The maximum atomic E-state index is 13.0. The van der Waals surface area contributed by atoms with Gasteiger partial charge in [0.25, 0.3) is 5.56 Å². The summed E-state index contributed by atoms with van der Waals surface area (Å²) in [6.07, 6.45) is 0.713. The molecule has 4 rings (SSSR count). The summed E-state index contributed by atoms with van der Waals surface area (Å²) in [4.78, 5) is 39.2. The summed E-state index contributed by atoms with van der Waals surface area (Å²) in [6.45, 7) is 6.85. The topological polar surface area (TPSA) is 102 Å². The Morgan fingerprint density at radius 1 is 1.18 bits per heavy atom. The molecular formula is C23H28F3N5O3. The number of nitrogens with one attached hydrogen (secondary N) is 1. The minimum Gasteiger partial charge on any atom is -0.386 e. The number of aromatic amines is 1. The molecule has 34 heavy (non-hydrogen) atoms. The summed E-state index contributed by atoms with van der Waals surface area (Å²) in [5, 5.41) is 10.1. The average molecular weight is 480 g/mol. The third-order valence-electron chi connectivity index (χ3n) is 6.73. The number of aromatic nitrogens is 3. The zero-order valence-electron chi connectivity index (χ0n) is 19.3. The maximum Gasteiger partial charge on any atom is 0.421 e. The van der Waals surface area contributed by atoms with Gasteiger partial charge in [-0.25, -0.2) is 9.97 Å². The number of carbonyl (C=O) groups is 1. The second-order valence-corrected chi connectivity index (χ2v) is 9.70. The Morgan fingerprint density at radius 3 is 2.38 bits per heavy atom. The van der Waals surface area contributed by atoms with Crippen molar-refractivity contribution >= 4 is 11.9 Å². The predicted molar refractivity (Wildman–Crippen MR) is 118 cm³/mol. The number of hydrogen-bond donors (Lipinski definition) is 2. The molecule has 11 heteroatoms. The van der Waals surface area contributed by atoms with Crippen molar-refractivity contribution in [2.75, 3.05) is 24.5 Å². The molecule has 0 aromatic carbocycles. The van der Waals surface area contributed by atoms with Crippen molar-refractivity contribution in [2.24, 2.45) is 5.92 Å². The van der Waals surface area contributed by atoms with Crippen LogP contribution in [0.2, 0.25) is 0 Å². The highest BCUT2D eigenvalue weighted by Crippen LogP contribution is 2.43. The van der Waals surface area contributed by atoms with E-state index in [0.29, 0.717) is 49.6 Å². The van der Waals surface area contributed by atoms with E-state index in [1.807, 2.05) is 11.8 Å². The first-order chi connectivity index (χ1) is 15.8. The van der Waals surface area contributed by atoms with Crippen LogP contribution in [0.15, 0.2) is 29.5 Å².